The standard InChI is InChI=1S/C30H29F2NO4/c1-19-2-4-20(5-3-19)16-33(17-25(34)29-10-6-21-14-23(31)8-12-27(21)36-29)18-26(35)30-11-7-22-15-24(32)9-13-28(22)37-30/h2-15,25-26,29-30,34-35H,16-18H2,1H3. The lowest BCUT2D eigenvalue weighted by molar-refractivity contribution is -0.00267. The van der Waals surface area contributed by atoms with Gasteiger partial charge in [-0.05, 0) is 61.0 Å². The highest BCUT2D eigenvalue weighted by molar-refractivity contribution is 5.61. The van der Waals surface area contributed by atoms with Crippen LogP contribution in [-0.4, -0.2) is 52.6 Å². The van der Waals surface area contributed by atoms with E-state index in [0.717, 1.165) is 11.1 Å². The summed E-state index contributed by atoms with van der Waals surface area (Å²) in [6.07, 6.45) is 3.88. The molecule has 3 aromatic carbocycles. The molecule has 5 rings (SSSR count). The molecule has 2 heterocycles. The number of ether oxygens (including phenoxy) is 2. The van der Waals surface area contributed by atoms with Crippen molar-refractivity contribution < 1.29 is 28.5 Å². The molecule has 37 heavy (non-hydrogen) atoms. The Morgan fingerprint density at radius 1 is 0.757 bits per heavy atom. The molecule has 4 atom stereocenters. The summed E-state index contributed by atoms with van der Waals surface area (Å²) in [6, 6.07) is 16.6. The molecule has 3 aromatic rings. The van der Waals surface area contributed by atoms with Crippen LogP contribution in [0.4, 0.5) is 8.78 Å². The van der Waals surface area contributed by atoms with Crippen molar-refractivity contribution in [2.45, 2.75) is 37.9 Å². The quantitative estimate of drug-likeness (QED) is 0.463. The minimum Gasteiger partial charge on any atom is -0.483 e. The molecule has 0 bridgehead atoms. The molecule has 0 radical (unpaired) electrons. The minimum atomic E-state index is -0.904. The van der Waals surface area contributed by atoms with Crippen molar-refractivity contribution in [1.82, 2.24) is 4.90 Å². The largest absolute Gasteiger partial charge is 0.483 e. The van der Waals surface area contributed by atoms with Crippen LogP contribution in [0.25, 0.3) is 12.2 Å². The molecule has 192 valence electrons. The third-order valence-corrected chi connectivity index (χ3v) is 6.58. The number of aryl methyl sites for hydroxylation is 1. The van der Waals surface area contributed by atoms with Crippen molar-refractivity contribution in [2.24, 2.45) is 0 Å². The predicted molar refractivity (Wildman–Crippen MR) is 138 cm³/mol. The second kappa shape index (κ2) is 10.8. The van der Waals surface area contributed by atoms with Crippen molar-refractivity contribution in [1.29, 1.82) is 0 Å². The van der Waals surface area contributed by atoms with Gasteiger partial charge in [-0.2, -0.15) is 0 Å². The molecule has 4 unspecified atom stereocenters. The number of halogens is 2. The van der Waals surface area contributed by atoms with Crippen LogP contribution in [0.5, 0.6) is 11.5 Å². The average Bonchev–Trinajstić information content (AvgIpc) is 2.89. The van der Waals surface area contributed by atoms with Crippen LogP contribution in [0.1, 0.15) is 22.3 Å². The molecule has 2 N–H and O–H groups in total. The Morgan fingerprint density at radius 3 is 1.73 bits per heavy atom. The molecule has 0 saturated carbocycles. The first kappa shape index (κ1) is 25.1. The second-order valence-corrected chi connectivity index (χ2v) is 9.56. The number of aliphatic hydroxyl groups is 2. The Bertz CT molecular complexity index is 1230. The van der Waals surface area contributed by atoms with E-state index in [4.69, 9.17) is 9.47 Å². The molecule has 0 spiro atoms. The molecule has 0 saturated heterocycles. The highest BCUT2D eigenvalue weighted by Crippen LogP contribution is 2.29. The SMILES string of the molecule is Cc1ccc(CN(CC(O)C2C=Cc3cc(F)ccc3O2)CC(O)C2C=Cc3cc(F)ccc3O2)cc1. The summed E-state index contributed by atoms with van der Waals surface area (Å²) in [4.78, 5) is 1.95. The lowest BCUT2D eigenvalue weighted by Crippen LogP contribution is -2.46. The van der Waals surface area contributed by atoms with Gasteiger partial charge in [-0.25, -0.2) is 8.78 Å². The van der Waals surface area contributed by atoms with E-state index in [1.807, 2.05) is 36.1 Å². The van der Waals surface area contributed by atoms with Gasteiger partial charge in [0.05, 0.1) is 0 Å². The Morgan fingerprint density at radius 2 is 1.24 bits per heavy atom. The molecule has 2 aliphatic heterocycles. The fourth-order valence-corrected chi connectivity index (χ4v) is 4.59. The van der Waals surface area contributed by atoms with E-state index >= 15 is 0 Å². The molecule has 2 aliphatic rings. The van der Waals surface area contributed by atoms with Crippen molar-refractivity contribution in [2.75, 3.05) is 13.1 Å². The van der Waals surface area contributed by atoms with Gasteiger partial charge in [0.2, 0.25) is 0 Å². The first-order valence-corrected chi connectivity index (χ1v) is 12.3. The van der Waals surface area contributed by atoms with Crippen LogP contribution < -0.4 is 9.47 Å². The number of rotatable bonds is 8. The number of aliphatic hydroxyl groups excluding tert-OH is 2. The predicted octanol–water partition coefficient (Wildman–Crippen LogP) is 4.75. The number of fused-ring (bicyclic) bond motifs is 2. The van der Waals surface area contributed by atoms with Crippen molar-refractivity contribution in [3.8, 4) is 11.5 Å². The van der Waals surface area contributed by atoms with Crippen molar-refractivity contribution in [3.63, 3.8) is 0 Å². The van der Waals surface area contributed by atoms with Crippen molar-refractivity contribution >= 4 is 12.2 Å². The molecule has 7 heteroatoms. The lowest BCUT2D eigenvalue weighted by Gasteiger charge is -2.33. The number of hydrogen-bond acceptors (Lipinski definition) is 5. The normalized spacial score (nSPS) is 19.5. The van der Waals surface area contributed by atoms with Crippen LogP contribution >= 0.6 is 0 Å². The van der Waals surface area contributed by atoms with Crippen LogP contribution in [0, 0.1) is 18.6 Å². The lowest BCUT2D eigenvalue weighted by atomic mass is 10.0. The van der Waals surface area contributed by atoms with Crippen LogP contribution in [0.3, 0.4) is 0 Å². The minimum absolute atomic E-state index is 0.217. The smallest absolute Gasteiger partial charge is 0.144 e. The Labute approximate surface area is 214 Å². The van der Waals surface area contributed by atoms with Crippen LogP contribution in [0.2, 0.25) is 0 Å². The molecule has 0 aromatic heterocycles. The zero-order chi connectivity index (χ0) is 25.9. The Kier molecular flexibility index (Phi) is 7.37. The fourth-order valence-electron chi connectivity index (χ4n) is 4.59. The zero-order valence-corrected chi connectivity index (χ0v) is 20.4. The van der Waals surface area contributed by atoms with E-state index < -0.39 is 24.4 Å². The second-order valence-electron chi connectivity index (χ2n) is 9.56. The number of hydrogen-bond donors (Lipinski definition) is 2. The zero-order valence-electron chi connectivity index (χ0n) is 20.4. The first-order valence-electron chi connectivity index (χ1n) is 12.3. The van der Waals surface area contributed by atoms with Gasteiger partial charge < -0.3 is 19.7 Å². The van der Waals surface area contributed by atoms with Gasteiger partial charge in [0.1, 0.15) is 47.5 Å². The van der Waals surface area contributed by atoms with Gasteiger partial charge in [-0.15, -0.1) is 0 Å². The summed E-state index contributed by atoms with van der Waals surface area (Å²) in [7, 11) is 0. The van der Waals surface area contributed by atoms with Gasteiger partial charge in [0.15, 0.2) is 0 Å². The maximum Gasteiger partial charge on any atom is 0.144 e. The fraction of sp³-hybridized carbons (Fsp3) is 0.267. The van der Waals surface area contributed by atoms with E-state index in [1.165, 1.54) is 24.3 Å². The van der Waals surface area contributed by atoms with Gasteiger partial charge in [-0.1, -0.05) is 42.0 Å². The van der Waals surface area contributed by atoms with E-state index in [0.29, 0.717) is 29.2 Å². The highest BCUT2D eigenvalue weighted by Gasteiger charge is 2.29. The maximum atomic E-state index is 13.5. The molecule has 5 nitrogen and oxygen atoms in total. The number of nitrogens with zero attached hydrogens (tertiary/aromatic N) is 1. The van der Waals surface area contributed by atoms with E-state index in [2.05, 4.69) is 0 Å². The van der Waals surface area contributed by atoms with Gasteiger partial charge >= 0.3 is 0 Å². The van der Waals surface area contributed by atoms with E-state index in [1.54, 1.807) is 36.4 Å². The highest BCUT2D eigenvalue weighted by atomic mass is 19.1. The maximum absolute atomic E-state index is 13.5. The summed E-state index contributed by atoms with van der Waals surface area (Å²) in [6.45, 7) is 2.94. The topological polar surface area (TPSA) is 62.2 Å². The number of benzene rings is 3. The molecule has 0 fully saturated rings. The summed E-state index contributed by atoms with van der Waals surface area (Å²) >= 11 is 0. The summed E-state index contributed by atoms with van der Waals surface area (Å²) < 4.78 is 38.9. The summed E-state index contributed by atoms with van der Waals surface area (Å²) in [5.41, 5.74) is 3.42. The summed E-state index contributed by atoms with van der Waals surface area (Å²) in [5, 5.41) is 22.1. The molecule has 0 aliphatic carbocycles. The van der Waals surface area contributed by atoms with Gasteiger partial charge in [-0.3, -0.25) is 4.90 Å². The van der Waals surface area contributed by atoms with Gasteiger partial charge in [0, 0.05) is 30.8 Å². The average molecular weight is 506 g/mol. The Hall–Kier alpha value is -3.52. The third-order valence-electron chi connectivity index (χ3n) is 6.58. The van der Waals surface area contributed by atoms with Crippen molar-refractivity contribution in [3.05, 3.63) is 107 Å². The first-order chi connectivity index (χ1) is 17.8. The van der Waals surface area contributed by atoms with Gasteiger partial charge in [0.25, 0.3) is 0 Å². The molecular weight excluding hydrogens is 476 g/mol. The van der Waals surface area contributed by atoms with E-state index in [9.17, 15) is 19.0 Å². The Balaban J connectivity index is 1.29. The third kappa shape index (κ3) is 6.07. The van der Waals surface area contributed by atoms with Crippen LogP contribution in [-0.2, 0) is 6.54 Å². The molecular formula is C30H29F2NO4. The monoisotopic (exact) mass is 505 g/mol. The van der Waals surface area contributed by atoms with E-state index in [-0.39, 0.29) is 24.7 Å². The molecule has 0 amide bonds. The summed E-state index contributed by atoms with van der Waals surface area (Å²) in [5.74, 6) is 0.315. The van der Waals surface area contributed by atoms with Crippen LogP contribution in [0.15, 0.2) is 72.8 Å².